The van der Waals surface area contributed by atoms with Gasteiger partial charge in [0.2, 0.25) is 11.9 Å². The van der Waals surface area contributed by atoms with Crippen LogP contribution in [0.5, 0.6) is 0 Å². The number of alkyl halides is 3. The van der Waals surface area contributed by atoms with Gasteiger partial charge in [-0.3, -0.25) is 9.59 Å². The molecular weight excluding hydrogens is 894 g/mol. The van der Waals surface area contributed by atoms with E-state index in [1.807, 2.05) is 41.3 Å². The lowest BCUT2D eigenvalue weighted by Crippen LogP contribution is -2.48. The highest BCUT2D eigenvalue weighted by Crippen LogP contribution is 2.36. The van der Waals surface area contributed by atoms with Crippen LogP contribution in [0.25, 0.3) is 11.2 Å². The fraction of sp³-hybridized carbons (Fsp3) is 0.391. The first kappa shape index (κ1) is 48.6. The molecule has 3 aromatic carbocycles. The molecule has 8 N–H and O–H groups in total. The number of halogens is 3. The topological polar surface area (TPSA) is 264 Å². The second kappa shape index (κ2) is 21.1. The Balaban J connectivity index is 0.000000908. The lowest BCUT2D eigenvalue weighted by Gasteiger charge is -2.22. The first-order valence-corrected chi connectivity index (χ1v) is 22.0. The smallest absolute Gasteiger partial charge is 0.478 e. The van der Waals surface area contributed by atoms with Crippen LogP contribution in [-0.2, 0) is 9.59 Å². The van der Waals surface area contributed by atoms with E-state index in [0.29, 0.717) is 74.1 Å². The summed E-state index contributed by atoms with van der Waals surface area (Å²) in [5.74, 6) is -3.39. The van der Waals surface area contributed by atoms with E-state index in [2.05, 4.69) is 45.5 Å². The Morgan fingerprint density at radius 3 is 1.96 bits per heavy atom. The van der Waals surface area contributed by atoms with E-state index in [0.717, 1.165) is 11.1 Å². The molecule has 8 rings (SSSR count). The van der Waals surface area contributed by atoms with Crippen LogP contribution in [-0.4, -0.2) is 144 Å². The van der Waals surface area contributed by atoms with Crippen molar-refractivity contribution in [1.82, 2.24) is 40.4 Å². The molecule has 4 amide bonds. The average Bonchev–Trinajstić information content (AvgIpc) is 4.15. The zero-order chi connectivity index (χ0) is 48.7. The highest BCUT2D eigenvalue weighted by molar-refractivity contribution is 5.96. The largest absolute Gasteiger partial charge is 0.490 e. The molecule has 0 unspecified atom stereocenters. The molecule has 2 aromatic heterocycles. The van der Waals surface area contributed by atoms with Crippen LogP contribution in [0.1, 0.15) is 76.4 Å². The Labute approximate surface area is 387 Å². The lowest BCUT2D eigenvalue weighted by atomic mass is 9.91. The third-order valence-corrected chi connectivity index (χ3v) is 12.2. The van der Waals surface area contributed by atoms with E-state index in [1.165, 1.54) is 24.3 Å². The fourth-order valence-corrected chi connectivity index (χ4v) is 8.62. The molecule has 19 nitrogen and oxygen atoms in total. The van der Waals surface area contributed by atoms with Crippen LogP contribution in [0.3, 0.4) is 0 Å². The molecule has 6 atom stereocenters. The molecule has 2 saturated heterocycles. The number of imidazole rings is 1. The Hall–Kier alpha value is -7.33. The monoisotopic (exact) mass is 944 g/mol. The zero-order valence-corrected chi connectivity index (χ0v) is 36.7. The summed E-state index contributed by atoms with van der Waals surface area (Å²) in [4.78, 5) is 77.1. The number of amides is 4. The van der Waals surface area contributed by atoms with Gasteiger partial charge in [0.15, 0.2) is 17.0 Å². The van der Waals surface area contributed by atoms with Gasteiger partial charge in [0.25, 0.3) is 5.91 Å². The minimum absolute atomic E-state index is 0.0259. The summed E-state index contributed by atoms with van der Waals surface area (Å²) in [5, 5.41) is 51.0. The number of rotatable bonds is 13. The quantitative estimate of drug-likeness (QED) is 0.0836. The predicted octanol–water partition coefficient (Wildman–Crippen LogP) is 3.76. The molecule has 2 aliphatic heterocycles. The van der Waals surface area contributed by atoms with E-state index < -0.39 is 42.4 Å². The van der Waals surface area contributed by atoms with Crippen molar-refractivity contribution < 1.29 is 57.6 Å². The summed E-state index contributed by atoms with van der Waals surface area (Å²) in [5.41, 5.74) is 3.67. The molecule has 360 valence electrons. The molecule has 3 aliphatic rings. The van der Waals surface area contributed by atoms with E-state index in [1.54, 1.807) is 22.7 Å². The number of carboxylic acids is 2. The Bertz CT molecular complexity index is 2550. The van der Waals surface area contributed by atoms with Gasteiger partial charge in [-0.25, -0.2) is 19.4 Å². The van der Waals surface area contributed by atoms with Crippen LogP contribution >= 0.6 is 0 Å². The maximum atomic E-state index is 13.3. The molecule has 22 heteroatoms. The standard InChI is InChI=1S/C44H50N10O7.C2HF3O2/c1-2-35(55)49-33-21-34(38(57)37(33)56)54-25-46-36-39(45-22-32(26-9-5-3-6-10-26)27-11-7-4-8-12-27)50-43(51-40(36)54)53-20-18-31(24-53)48-44(61)47-30-17-19-52(23-30)41(58)28-13-15-29(16-14-28)42(59)60;3-2(4,5)1(6)7/h3-16,25,30-34,37-38,56-57H,2,17-24H2,1H3,(H,49,55)(H,59,60)(H,45,50,51)(H2,47,48,61);(H,6,7)/t30-,31-,33+,34-,37-,38+;/m1./s1. The van der Waals surface area contributed by atoms with Gasteiger partial charge < -0.3 is 56.1 Å². The number of likely N-dealkylation sites (tertiary alicyclic amines) is 1. The number of aromatic nitrogens is 4. The zero-order valence-electron chi connectivity index (χ0n) is 36.7. The Morgan fingerprint density at radius 1 is 0.779 bits per heavy atom. The van der Waals surface area contributed by atoms with Crippen molar-refractivity contribution in [3.63, 3.8) is 0 Å². The number of aliphatic hydroxyl groups excluding tert-OH is 2. The van der Waals surface area contributed by atoms with Gasteiger partial charge in [-0.1, -0.05) is 67.6 Å². The second-order valence-electron chi connectivity index (χ2n) is 16.7. The number of hydrogen-bond donors (Lipinski definition) is 8. The van der Waals surface area contributed by atoms with Gasteiger partial charge >= 0.3 is 24.1 Å². The molecule has 0 spiro atoms. The number of nitrogens with zero attached hydrogens (tertiary/aromatic N) is 6. The maximum absolute atomic E-state index is 13.3. The highest BCUT2D eigenvalue weighted by atomic mass is 19.4. The predicted molar refractivity (Wildman–Crippen MR) is 240 cm³/mol. The number of benzene rings is 3. The summed E-state index contributed by atoms with van der Waals surface area (Å²) >= 11 is 0. The van der Waals surface area contributed by atoms with E-state index in [4.69, 9.17) is 24.9 Å². The number of carbonyl (C=O) groups is 5. The van der Waals surface area contributed by atoms with Gasteiger partial charge in [-0.15, -0.1) is 0 Å². The molecule has 4 heterocycles. The summed E-state index contributed by atoms with van der Waals surface area (Å²) < 4.78 is 33.5. The molecule has 3 fully saturated rings. The van der Waals surface area contributed by atoms with Crippen molar-refractivity contribution in [2.45, 2.75) is 81.1 Å². The van der Waals surface area contributed by atoms with Crippen LogP contribution in [0.2, 0.25) is 0 Å². The summed E-state index contributed by atoms with van der Waals surface area (Å²) in [7, 11) is 0. The SMILES string of the molecule is CCC(=O)N[C@H]1C[C@@H](n2cnc3c(NCC(c4ccccc4)c4ccccc4)nc(N4CC[C@@H](NC(=O)N[C@@H]5CCN(C(=O)c6ccc(C(=O)O)cc6)C5)C4)nc32)[C@H](O)[C@@H]1O.O=C(O)C(F)(F)F. The van der Waals surface area contributed by atoms with Gasteiger partial charge in [-0.2, -0.15) is 23.1 Å². The fourth-order valence-electron chi connectivity index (χ4n) is 8.62. The van der Waals surface area contributed by atoms with Gasteiger partial charge in [0, 0.05) is 62.7 Å². The number of hydrogen-bond acceptors (Lipinski definition) is 12. The van der Waals surface area contributed by atoms with E-state index >= 15 is 0 Å². The first-order valence-electron chi connectivity index (χ1n) is 22.0. The number of fused-ring (bicyclic) bond motifs is 1. The molecule has 68 heavy (non-hydrogen) atoms. The van der Waals surface area contributed by atoms with Crippen LogP contribution in [0.4, 0.5) is 29.7 Å². The molecule has 0 radical (unpaired) electrons. The first-order chi connectivity index (χ1) is 32.5. The molecule has 1 saturated carbocycles. The van der Waals surface area contributed by atoms with Gasteiger partial charge in [0.1, 0.15) is 12.2 Å². The number of anilines is 2. The average molecular weight is 945 g/mol. The molecule has 5 aromatic rings. The summed E-state index contributed by atoms with van der Waals surface area (Å²) in [6.45, 7) is 3.96. The van der Waals surface area contributed by atoms with Gasteiger partial charge in [-0.05, 0) is 54.7 Å². The summed E-state index contributed by atoms with van der Waals surface area (Å²) in [6.07, 6.45) is -4.15. The summed E-state index contributed by atoms with van der Waals surface area (Å²) in [6, 6.07) is 24.1. The number of aromatic carboxylic acids is 1. The third-order valence-electron chi connectivity index (χ3n) is 12.2. The molecule has 0 bridgehead atoms. The second-order valence-corrected chi connectivity index (χ2v) is 16.7. The molecule has 1 aliphatic carbocycles. The van der Waals surface area contributed by atoms with Crippen molar-refractivity contribution in [3.8, 4) is 0 Å². The highest BCUT2D eigenvalue weighted by Gasteiger charge is 2.44. The van der Waals surface area contributed by atoms with Crippen LogP contribution in [0, 0.1) is 0 Å². The van der Waals surface area contributed by atoms with Crippen molar-refractivity contribution in [2.75, 3.05) is 42.9 Å². The van der Waals surface area contributed by atoms with Crippen molar-refractivity contribution >= 4 is 52.7 Å². The third kappa shape index (κ3) is 11.4. The van der Waals surface area contributed by atoms with Crippen LogP contribution in [0.15, 0.2) is 91.3 Å². The Kier molecular flexibility index (Phi) is 15.1. The number of carboxylic acid groups (broad SMARTS) is 2. The number of aliphatic carboxylic acids is 1. The minimum atomic E-state index is -5.08. The van der Waals surface area contributed by atoms with E-state index in [9.17, 15) is 47.7 Å². The lowest BCUT2D eigenvalue weighted by molar-refractivity contribution is -0.192. The normalized spacial score (nSPS) is 21.3. The Morgan fingerprint density at radius 2 is 1.37 bits per heavy atom. The van der Waals surface area contributed by atoms with Crippen molar-refractivity contribution in [3.05, 3.63) is 114 Å². The number of aliphatic hydroxyl groups is 2. The van der Waals surface area contributed by atoms with Crippen molar-refractivity contribution in [1.29, 1.82) is 0 Å². The van der Waals surface area contributed by atoms with E-state index in [-0.39, 0.29) is 54.3 Å². The van der Waals surface area contributed by atoms with Gasteiger partial charge in [0.05, 0.1) is 24.0 Å². The number of nitrogens with one attached hydrogen (secondary N) is 4. The minimum Gasteiger partial charge on any atom is -0.478 e. The van der Waals surface area contributed by atoms with Crippen LogP contribution < -0.4 is 26.2 Å². The molecular formula is C46H51F3N10O9. The number of carbonyl (C=O) groups excluding carboxylic acids is 3. The maximum Gasteiger partial charge on any atom is 0.490 e. The van der Waals surface area contributed by atoms with Crippen molar-refractivity contribution in [2.24, 2.45) is 0 Å². The number of urea groups is 1.